The first-order chi connectivity index (χ1) is 7.79. The SMILES string of the molecule is CC(CO)c1coc(CC2CCCCS2)n1. The maximum atomic E-state index is 9.03. The van der Waals surface area contributed by atoms with Crippen LogP contribution in [-0.2, 0) is 6.42 Å². The number of aliphatic hydroxyl groups is 1. The molecular weight excluding hydrogens is 222 g/mol. The normalized spacial score (nSPS) is 23.2. The van der Waals surface area contributed by atoms with E-state index in [1.807, 2.05) is 18.7 Å². The Kier molecular flexibility index (Phi) is 4.29. The maximum Gasteiger partial charge on any atom is 0.195 e. The number of aliphatic hydroxyl groups excluding tert-OH is 1. The van der Waals surface area contributed by atoms with Crippen molar-refractivity contribution in [2.45, 2.75) is 43.8 Å². The fourth-order valence-corrected chi connectivity index (χ4v) is 3.20. The van der Waals surface area contributed by atoms with Gasteiger partial charge in [0.25, 0.3) is 0 Å². The van der Waals surface area contributed by atoms with Gasteiger partial charge in [0.15, 0.2) is 5.89 Å². The number of oxazole rings is 1. The van der Waals surface area contributed by atoms with Crippen LogP contribution < -0.4 is 0 Å². The van der Waals surface area contributed by atoms with Gasteiger partial charge in [0.1, 0.15) is 6.26 Å². The molecule has 2 atom stereocenters. The Morgan fingerprint density at radius 3 is 3.19 bits per heavy atom. The largest absolute Gasteiger partial charge is 0.449 e. The Hall–Kier alpha value is -0.480. The zero-order chi connectivity index (χ0) is 11.4. The molecule has 0 amide bonds. The van der Waals surface area contributed by atoms with Crippen molar-refractivity contribution in [3.63, 3.8) is 0 Å². The summed E-state index contributed by atoms with van der Waals surface area (Å²) in [5.74, 6) is 2.18. The van der Waals surface area contributed by atoms with Crippen molar-refractivity contribution in [1.29, 1.82) is 0 Å². The van der Waals surface area contributed by atoms with E-state index in [0.717, 1.165) is 18.0 Å². The summed E-state index contributed by atoms with van der Waals surface area (Å²) in [7, 11) is 0. The maximum absolute atomic E-state index is 9.03. The fraction of sp³-hybridized carbons (Fsp3) is 0.750. The second-order valence-corrected chi connectivity index (χ2v) is 5.85. The van der Waals surface area contributed by atoms with E-state index in [4.69, 9.17) is 9.52 Å². The van der Waals surface area contributed by atoms with Crippen LogP contribution >= 0.6 is 11.8 Å². The van der Waals surface area contributed by atoms with E-state index in [9.17, 15) is 0 Å². The molecule has 0 spiro atoms. The van der Waals surface area contributed by atoms with Crippen molar-refractivity contribution < 1.29 is 9.52 Å². The standard InChI is InChI=1S/C12H19NO2S/c1-9(7-14)11-8-15-12(13-11)6-10-4-2-3-5-16-10/h8-10,14H,2-7H2,1H3. The van der Waals surface area contributed by atoms with Gasteiger partial charge in [0, 0.05) is 17.6 Å². The van der Waals surface area contributed by atoms with Crippen molar-refractivity contribution in [3.8, 4) is 0 Å². The molecule has 1 aliphatic rings. The summed E-state index contributed by atoms with van der Waals surface area (Å²) in [5.41, 5.74) is 0.873. The highest BCUT2D eigenvalue weighted by Gasteiger charge is 2.18. The fourth-order valence-electron chi connectivity index (χ4n) is 1.90. The van der Waals surface area contributed by atoms with Crippen molar-refractivity contribution in [2.24, 2.45) is 0 Å². The predicted molar refractivity (Wildman–Crippen MR) is 65.8 cm³/mol. The molecule has 0 bridgehead atoms. The molecule has 1 fully saturated rings. The van der Waals surface area contributed by atoms with Crippen LogP contribution in [0, 0.1) is 0 Å². The summed E-state index contributed by atoms with van der Waals surface area (Å²) < 4.78 is 5.45. The number of hydrogen-bond acceptors (Lipinski definition) is 4. The van der Waals surface area contributed by atoms with Crippen molar-refractivity contribution in [3.05, 3.63) is 17.8 Å². The van der Waals surface area contributed by atoms with Gasteiger partial charge in [-0.3, -0.25) is 0 Å². The summed E-state index contributed by atoms with van der Waals surface area (Å²) in [6, 6.07) is 0. The molecule has 16 heavy (non-hydrogen) atoms. The van der Waals surface area contributed by atoms with E-state index < -0.39 is 0 Å². The lowest BCUT2D eigenvalue weighted by Crippen LogP contribution is -2.12. The Morgan fingerprint density at radius 2 is 2.50 bits per heavy atom. The van der Waals surface area contributed by atoms with Gasteiger partial charge in [-0.1, -0.05) is 13.3 Å². The minimum absolute atomic E-state index is 0.0801. The van der Waals surface area contributed by atoms with Gasteiger partial charge in [0.05, 0.1) is 12.3 Å². The lowest BCUT2D eigenvalue weighted by Gasteiger charge is -2.19. The van der Waals surface area contributed by atoms with Crippen molar-refractivity contribution >= 4 is 11.8 Å². The molecule has 3 nitrogen and oxygen atoms in total. The molecule has 0 saturated carbocycles. The molecule has 1 aliphatic heterocycles. The van der Waals surface area contributed by atoms with Crippen molar-refractivity contribution in [1.82, 2.24) is 4.98 Å². The third-order valence-corrected chi connectivity index (χ3v) is 4.42. The molecular formula is C12H19NO2S. The second kappa shape index (κ2) is 5.73. The average Bonchev–Trinajstić information content (AvgIpc) is 2.78. The van der Waals surface area contributed by atoms with Gasteiger partial charge in [-0.15, -0.1) is 0 Å². The van der Waals surface area contributed by atoms with Crippen molar-refractivity contribution in [2.75, 3.05) is 12.4 Å². The van der Waals surface area contributed by atoms with Gasteiger partial charge >= 0.3 is 0 Å². The van der Waals surface area contributed by atoms with Gasteiger partial charge < -0.3 is 9.52 Å². The van der Waals surface area contributed by atoms with Crippen LogP contribution in [0.15, 0.2) is 10.7 Å². The molecule has 2 rings (SSSR count). The summed E-state index contributed by atoms with van der Waals surface area (Å²) >= 11 is 2.03. The predicted octanol–water partition coefficient (Wildman–Crippen LogP) is 2.60. The van der Waals surface area contributed by atoms with Crippen LogP contribution in [0.2, 0.25) is 0 Å². The minimum Gasteiger partial charge on any atom is -0.449 e. The van der Waals surface area contributed by atoms with E-state index in [2.05, 4.69) is 4.98 Å². The molecule has 0 aliphatic carbocycles. The van der Waals surface area contributed by atoms with Gasteiger partial charge in [-0.25, -0.2) is 4.98 Å². The van der Waals surface area contributed by atoms with Crippen LogP contribution in [0.3, 0.4) is 0 Å². The van der Waals surface area contributed by atoms with E-state index in [0.29, 0.717) is 5.25 Å². The Balaban J connectivity index is 1.91. The minimum atomic E-state index is 0.0801. The molecule has 90 valence electrons. The first-order valence-electron chi connectivity index (χ1n) is 5.96. The monoisotopic (exact) mass is 241 g/mol. The first-order valence-corrected chi connectivity index (χ1v) is 7.01. The molecule has 1 aromatic rings. The van der Waals surface area contributed by atoms with E-state index >= 15 is 0 Å². The molecule has 1 N–H and O–H groups in total. The van der Waals surface area contributed by atoms with E-state index in [-0.39, 0.29) is 12.5 Å². The van der Waals surface area contributed by atoms with Crippen LogP contribution in [0.4, 0.5) is 0 Å². The number of thioether (sulfide) groups is 1. The molecule has 0 radical (unpaired) electrons. The summed E-state index contributed by atoms with van der Waals surface area (Å²) in [6.45, 7) is 2.08. The van der Waals surface area contributed by atoms with Gasteiger partial charge in [-0.2, -0.15) is 11.8 Å². The highest BCUT2D eigenvalue weighted by molar-refractivity contribution is 7.99. The third kappa shape index (κ3) is 3.01. The highest BCUT2D eigenvalue weighted by atomic mass is 32.2. The number of hydrogen-bond donors (Lipinski definition) is 1. The topological polar surface area (TPSA) is 46.3 Å². The summed E-state index contributed by atoms with van der Waals surface area (Å²) in [4.78, 5) is 4.44. The van der Waals surface area contributed by atoms with Gasteiger partial charge in [-0.05, 0) is 18.6 Å². The van der Waals surface area contributed by atoms with Crippen LogP contribution in [-0.4, -0.2) is 27.7 Å². The number of nitrogens with zero attached hydrogens (tertiary/aromatic N) is 1. The lowest BCUT2D eigenvalue weighted by molar-refractivity contribution is 0.271. The molecule has 2 unspecified atom stereocenters. The zero-order valence-electron chi connectivity index (χ0n) is 9.69. The molecule has 1 saturated heterocycles. The van der Waals surface area contributed by atoms with E-state index in [1.165, 1.54) is 25.0 Å². The summed E-state index contributed by atoms with van der Waals surface area (Å²) in [5, 5.41) is 9.70. The molecule has 0 aromatic carbocycles. The van der Waals surface area contributed by atoms with Crippen LogP contribution in [0.1, 0.15) is 43.7 Å². The Labute approximate surface area is 101 Å². The molecule has 2 heterocycles. The highest BCUT2D eigenvalue weighted by Crippen LogP contribution is 2.28. The average molecular weight is 241 g/mol. The zero-order valence-corrected chi connectivity index (χ0v) is 10.5. The number of rotatable bonds is 4. The summed E-state index contributed by atoms with van der Waals surface area (Å²) in [6.07, 6.45) is 6.57. The smallest absolute Gasteiger partial charge is 0.195 e. The lowest BCUT2D eigenvalue weighted by atomic mass is 10.1. The molecule has 4 heteroatoms. The van der Waals surface area contributed by atoms with Gasteiger partial charge in [0.2, 0.25) is 0 Å². The Bertz CT molecular complexity index is 321. The van der Waals surface area contributed by atoms with E-state index in [1.54, 1.807) is 6.26 Å². The quantitative estimate of drug-likeness (QED) is 0.880. The molecule has 1 aromatic heterocycles. The van der Waals surface area contributed by atoms with Crippen LogP contribution in [0.25, 0.3) is 0 Å². The Morgan fingerprint density at radius 1 is 1.62 bits per heavy atom. The first kappa shape index (κ1) is 12.0. The second-order valence-electron chi connectivity index (χ2n) is 4.44. The van der Waals surface area contributed by atoms with Crippen LogP contribution in [0.5, 0.6) is 0 Å². The third-order valence-electron chi connectivity index (χ3n) is 3.02. The number of aromatic nitrogens is 1.